The van der Waals surface area contributed by atoms with Crippen LogP contribution < -0.4 is 4.80 Å². The Bertz CT molecular complexity index is 1240. The average molecular weight is 433 g/mol. The van der Waals surface area contributed by atoms with Crippen LogP contribution in [0, 0.1) is 0 Å². The van der Waals surface area contributed by atoms with Gasteiger partial charge in [0.25, 0.3) is 5.91 Å². The van der Waals surface area contributed by atoms with Crippen LogP contribution in [0.3, 0.4) is 0 Å². The van der Waals surface area contributed by atoms with Crippen LogP contribution in [0.4, 0.5) is 0 Å². The highest BCUT2D eigenvalue weighted by Gasteiger charge is 2.16. The molecule has 0 unspecified atom stereocenters. The van der Waals surface area contributed by atoms with E-state index in [1.54, 1.807) is 18.4 Å². The highest BCUT2D eigenvalue weighted by molar-refractivity contribution is 7.91. The van der Waals surface area contributed by atoms with Crippen LogP contribution in [0.25, 0.3) is 10.2 Å². The average Bonchev–Trinajstić information content (AvgIpc) is 3.05. The molecule has 1 aromatic heterocycles. The van der Waals surface area contributed by atoms with Crippen molar-refractivity contribution in [3.63, 3.8) is 0 Å². The van der Waals surface area contributed by atoms with Crippen molar-refractivity contribution in [1.82, 2.24) is 4.57 Å². The molecule has 152 valence electrons. The van der Waals surface area contributed by atoms with E-state index in [0.717, 1.165) is 10.2 Å². The summed E-state index contributed by atoms with van der Waals surface area (Å²) in [5.74, 6) is -1.07. The Balaban J connectivity index is 2.07. The van der Waals surface area contributed by atoms with Crippen molar-refractivity contribution in [2.45, 2.75) is 25.3 Å². The minimum absolute atomic E-state index is 0.0579. The molecule has 0 radical (unpaired) electrons. The zero-order valence-electron chi connectivity index (χ0n) is 16.0. The largest absolute Gasteiger partial charge is 0.465 e. The number of nitrogens with zero attached hydrogens (tertiary/aromatic N) is 2. The number of rotatable bonds is 6. The van der Waals surface area contributed by atoms with Gasteiger partial charge in [-0.3, -0.25) is 9.59 Å². The zero-order valence-corrected chi connectivity index (χ0v) is 17.6. The van der Waals surface area contributed by atoms with E-state index in [4.69, 9.17) is 4.74 Å². The van der Waals surface area contributed by atoms with Gasteiger partial charge in [-0.1, -0.05) is 36.5 Å². The number of carbonyl (C=O) groups is 2. The third-order valence-corrected chi connectivity index (χ3v) is 6.99. The Morgan fingerprint density at radius 1 is 1.10 bits per heavy atom. The van der Waals surface area contributed by atoms with Crippen LogP contribution in [0.15, 0.2) is 58.4 Å². The highest BCUT2D eigenvalue weighted by atomic mass is 32.2. The van der Waals surface area contributed by atoms with Crippen molar-refractivity contribution in [2.24, 2.45) is 4.99 Å². The summed E-state index contributed by atoms with van der Waals surface area (Å²) < 4.78 is 31.7. The zero-order chi connectivity index (χ0) is 21.0. The van der Waals surface area contributed by atoms with E-state index < -0.39 is 21.7 Å². The number of thiazole rings is 1. The number of amides is 1. The SMILES string of the molecule is CCOC(=O)Cn1c(=NC(=O)c2cccc(S(=O)(=O)CC)c2)sc2ccccc21. The molecule has 7 nitrogen and oxygen atoms in total. The molecule has 0 spiro atoms. The Morgan fingerprint density at radius 3 is 2.59 bits per heavy atom. The van der Waals surface area contributed by atoms with E-state index in [0.29, 0.717) is 4.80 Å². The van der Waals surface area contributed by atoms with Gasteiger partial charge in [0.05, 0.1) is 27.5 Å². The molecule has 9 heteroatoms. The number of hydrogen-bond donors (Lipinski definition) is 0. The summed E-state index contributed by atoms with van der Waals surface area (Å²) in [4.78, 5) is 29.3. The molecule has 3 aromatic rings. The topological polar surface area (TPSA) is 94.8 Å². The van der Waals surface area contributed by atoms with Gasteiger partial charge in [0, 0.05) is 5.56 Å². The van der Waals surface area contributed by atoms with Gasteiger partial charge in [-0.2, -0.15) is 4.99 Å². The number of hydrogen-bond acceptors (Lipinski definition) is 6. The highest BCUT2D eigenvalue weighted by Crippen LogP contribution is 2.18. The molecule has 0 N–H and O–H groups in total. The van der Waals surface area contributed by atoms with Gasteiger partial charge in [0.15, 0.2) is 14.6 Å². The second-order valence-electron chi connectivity index (χ2n) is 6.09. The lowest BCUT2D eigenvalue weighted by Gasteiger charge is -2.05. The lowest BCUT2D eigenvalue weighted by Crippen LogP contribution is -2.23. The fourth-order valence-corrected chi connectivity index (χ4v) is 4.69. The van der Waals surface area contributed by atoms with Crippen LogP contribution >= 0.6 is 11.3 Å². The molecule has 0 aliphatic heterocycles. The molecule has 29 heavy (non-hydrogen) atoms. The standard InChI is InChI=1S/C20H20N2O5S2/c1-3-27-18(23)13-22-16-10-5-6-11-17(16)28-20(22)21-19(24)14-8-7-9-15(12-14)29(25,26)4-2/h5-12H,3-4,13H2,1-2H3. The van der Waals surface area contributed by atoms with Gasteiger partial charge >= 0.3 is 5.97 Å². The maximum atomic E-state index is 12.7. The molecular weight excluding hydrogens is 412 g/mol. The Kier molecular flexibility index (Phi) is 6.29. The Morgan fingerprint density at radius 2 is 1.86 bits per heavy atom. The summed E-state index contributed by atoms with van der Waals surface area (Å²) >= 11 is 1.27. The molecule has 0 aliphatic carbocycles. The van der Waals surface area contributed by atoms with Crippen molar-refractivity contribution in [3.05, 3.63) is 58.9 Å². The normalized spacial score (nSPS) is 12.3. The Hall–Kier alpha value is -2.78. The van der Waals surface area contributed by atoms with Crippen LogP contribution in [0.5, 0.6) is 0 Å². The summed E-state index contributed by atoms with van der Waals surface area (Å²) in [6.07, 6.45) is 0. The maximum Gasteiger partial charge on any atom is 0.326 e. The van der Waals surface area contributed by atoms with E-state index >= 15 is 0 Å². The maximum absolute atomic E-state index is 12.7. The molecule has 1 amide bonds. The first-order valence-corrected chi connectivity index (χ1v) is 11.5. The number of aromatic nitrogens is 1. The minimum atomic E-state index is -3.44. The van der Waals surface area contributed by atoms with E-state index in [1.165, 1.54) is 35.6 Å². The van der Waals surface area contributed by atoms with Gasteiger partial charge in [-0.05, 0) is 37.3 Å². The van der Waals surface area contributed by atoms with Crippen LogP contribution in [-0.2, 0) is 25.9 Å². The van der Waals surface area contributed by atoms with Gasteiger partial charge in [-0.15, -0.1) is 0 Å². The molecule has 0 aliphatic rings. The predicted molar refractivity (Wildman–Crippen MR) is 111 cm³/mol. The molecule has 1 heterocycles. The second kappa shape index (κ2) is 8.71. The molecule has 3 rings (SSSR count). The van der Waals surface area contributed by atoms with Gasteiger partial charge < -0.3 is 9.30 Å². The number of ether oxygens (including phenoxy) is 1. The summed E-state index contributed by atoms with van der Waals surface area (Å²) in [5.41, 5.74) is 0.930. The smallest absolute Gasteiger partial charge is 0.326 e. The van der Waals surface area contributed by atoms with Crippen molar-refractivity contribution in [3.8, 4) is 0 Å². The molecule has 0 bridgehead atoms. The lowest BCUT2D eigenvalue weighted by molar-refractivity contribution is -0.143. The number of sulfone groups is 1. The number of para-hydroxylation sites is 1. The number of benzene rings is 2. The van der Waals surface area contributed by atoms with Gasteiger partial charge in [0.1, 0.15) is 6.54 Å². The summed E-state index contributed by atoms with van der Waals surface area (Å²) in [7, 11) is -3.44. The molecule has 0 saturated heterocycles. The molecule has 0 saturated carbocycles. The van der Waals surface area contributed by atoms with Gasteiger partial charge in [0.2, 0.25) is 0 Å². The first kappa shape index (κ1) is 20.9. The minimum Gasteiger partial charge on any atom is -0.465 e. The van der Waals surface area contributed by atoms with Crippen molar-refractivity contribution in [2.75, 3.05) is 12.4 Å². The first-order chi connectivity index (χ1) is 13.9. The first-order valence-electron chi connectivity index (χ1n) is 9.01. The summed E-state index contributed by atoms with van der Waals surface area (Å²) in [6, 6.07) is 13.2. The molecule has 0 fully saturated rings. The van der Waals surface area contributed by atoms with E-state index in [1.807, 2.05) is 24.3 Å². The summed E-state index contributed by atoms with van der Waals surface area (Å²) in [5, 5.41) is 0. The molecular formula is C20H20N2O5S2. The van der Waals surface area contributed by atoms with E-state index in [9.17, 15) is 18.0 Å². The molecule has 2 aromatic carbocycles. The Labute approximate surface area is 172 Å². The van der Waals surface area contributed by atoms with Crippen molar-refractivity contribution >= 4 is 43.3 Å². The van der Waals surface area contributed by atoms with Crippen molar-refractivity contribution < 1.29 is 22.7 Å². The van der Waals surface area contributed by atoms with E-state index in [2.05, 4.69) is 4.99 Å². The third-order valence-electron chi connectivity index (χ3n) is 4.20. The van der Waals surface area contributed by atoms with Crippen LogP contribution in [0.1, 0.15) is 24.2 Å². The lowest BCUT2D eigenvalue weighted by atomic mass is 10.2. The van der Waals surface area contributed by atoms with Crippen molar-refractivity contribution in [1.29, 1.82) is 0 Å². The molecule has 0 atom stereocenters. The third kappa shape index (κ3) is 4.63. The van der Waals surface area contributed by atoms with Gasteiger partial charge in [-0.25, -0.2) is 8.42 Å². The van der Waals surface area contributed by atoms with Crippen LogP contribution in [-0.4, -0.2) is 37.2 Å². The second-order valence-corrected chi connectivity index (χ2v) is 9.38. The number of fused-ring (bicyclic) bond motifs is 1. The fourth-order valence-electron chi connectivity index (χ4n) is 2.74. The predicted octanol–water partition coefficient (Wildman–Crippen LogP) is 2.80. The van der Waals surface area contributed by atoms with E-state index in [-0.39, 0.29) is 29.4 Å². The summed E-state index contributed by atoms with van der Waals surface area (Å²) in [6.45, 7) is 3.45. The van der Waals surface area contributed by atoms with Crippen LogP contribution in [0.2, 0.25) is 0 Å². The quantitative estimate of drug-likeness (QED) is 0.558. The number of carbonyl (C=O) groups excluding carboxylic acids is 2. The number of esters is 1. The monoisotopic (exact) mass is 432 g/mol. The fraction of sp³-hybridized carbons (Fsp3) is 0.250.